The summed E-state index contributed by atoms with van der Waals surface area (Å²) in [7, 11) is 1.40. The van der Waals surface area contributed by atoms with Crippen molar-refractivity contribution in [1.82, 2.24) is 0 Å². The van der Waals surface area contributed by atoms with Crippen molar-refractivity contribution in [2.45, 2.75) is 6.61 Å². The zero-order valence-corrected chi connectivity index (χ0v) is 7.15. The summed E-state index contributed by atoms with van der Waals surface area (Å²) in [6, 6.07) is 4.53. The summed E-state index contributed by atoms with van der Waals surface area (Å²) in [5.41, 5.74) is 0.618. The molecule has 0 radical (unpaired) electrons. The molecule has 13 heavy (non-hydrogen) atoms. The molecule has 1 rings (SSSR count). The van der Waals surface area contributed by atoms with E-state index in [9.17, 15) is 4.79 Å². The lowest BCUT2D eigenvalue weighted by Crippen LogP contribution is -2.01. The van der Waals surface area contributed by atoms with Gasteiger partial charge in [-0.25, -0.2) is 4.79 Å². The van der Waals surface area contributed by atoms with Gasteiger partial charge in [0.05, 0.1) is 13.7 Å². The third kappa shape index (κ3) is 1.97. The third-order valence-corrected chi connectivity index (χ3v) is 1.68. The van der Waals surface area contributed by atoms with Crippen LogP contribution in [0.25, 0.3) is 0 Å². The van der Waals surface area contributed by atoms with E-state index in [1.54, 1.807) is 6.07 Å². The van der Waals surface area contributed by atoms with Crippen molar-refractivity contribution in [3.05, 3.63) is 29.3 Å². The van der Waals surface area contributed by atoms with E-state index >= 15 is 0 Å². The van der Waals surface area contributed by atoms with Crippen molar-refractivity contribution in [2.24, 2.45) is 0 Å². The Morgan fingerprint density at radius 1 is 1.54 bits per heavy atom. The van der Waals surface area contributed by atoms with Crippen LogP contribution in [0.2, 0.25) is 0 Å². The number of hydrogen-bond acceptors (Lipinski definition) is 3. The number of aromatic carboxylic acids is 1. The summed E-state index contributed by atoms with van der Waals surface area (Å²) >= 11 is 0. The number of hydrogen-bond donors (Lipinski definition) is 2. The molecule has 2 N–H and O–H groups in total. The molecule has 0 aliphatic carbocycles. The summed E-state index contributed by atoms with van der Waals surface area (Å²) in [5.74, 6) is -0.767. The van der Waals surface area contributed by atoms with Crippen LogP contribution in [0.15, 0.2) is 18.2 Å². The number of ether oxygens (including phenoxy) is 1. The van der Waals surface area contributed by atoms with Gasteiger partial charge in [-0.1, -0.05) is 6.07 Å². The van der Waals surface area contributed by atoms with Crippen molar-refractivity contribution in [2.75, 3.05) is 7.11 Å². The molecule has 1 aromatic rings. The zero-order chi connectivity index (χ0) is 9.84. The molecule has 0 aliphatic heterocycles. The molecule has 70 valence electrons. The molecule has 0 heterocycles. The molecule has 0 aliphatic rings. The molecule has 0 fully saturated rings. The first-order chi connectivity index (χ1) is 6.19. The number of methoxy groups -OCH3 is 1. The summed E-state index contributed by atoms with van der Waals surface area (Å²) in [4.78, 5) is 10.7. The average Bonchev–Trinajstić information content (AvgIpc) is 2.16. The van der Waals surface area contributed by atoms with Crippen LogP contribution in [0.3, 0.4) is 0 Å². The molecule has 4 nitrogen and oxygen atoms in total. The smallest absolute Gasteiger partial charge is 0.339 e. The Kier molecular flexibility index (Phi) is 2.87. The van der Waals surface area contributed by atoms with Gasteiger partial charge in [0.1, 0.15) is 11.3 Å². The molecule has 0 unspecified atom stereocenters. The van der Waals surface area contributed by atoms with Gasteiger partial charge in [0, 0.05) is 0 Å². The Balaban J connectivity index is 3.18. The first kappa shape index (κ1) is 9.54. The van der Waals surface area contributed by atoms with E-state index < -0.39 is 5.97 Å². The molecule has 1 aromatic carbocycles. The Morgan fingerprint density at radius 3 is 2.69 bits per heavy atom. The fraction of sp³-hybridized carbons (Fsp3) is 0.222. The van der Waals surface area contributed by atoms with Gasteiger partial charge in [-0.2, -0.15) is 0 Å². The molecule has 0 saturated heterocycles. The van der Waals surface area contributed by atoms with E-state index in [-0.39, 0.29) is 12.2 Å². The molecule has 0 atom stereocenters. The Hall–Kier alpha value is -1.55. The third-order valence-electron chi connectivity index (χ3n) is 1.68. The van der Waals surface area contributed by atoms with E-state index in [0.29, 0.717) is 11.3 Å². The fourth-order valence-corrected chi connectivity index (χ4v) is 1.02. The van der Waals surface area contributed by atoms with Gasteiger partial charge >= 0.3 is 5.97 Å². The number of benzene rings is 1. The lowest BCUT2D eigenvalue weighted by molar-refractivity contribution is 0.0693. The highest BCUT2D eigenvalue weighted by Gasteiger charge is 2.10. The van der Waals surface area contributed by atoms with Gasteiger partial charge in [-0.15, -0.1) is 0 Å². The summed E-state index contributed by atoms with van der Waals surface area (Å²) in [5, 5.41) is 17.5. The number of carboxylic acid groups (broad SMARTS) is 1. The second-order valence-electron chi connectivity index (χ2n) is 2.50. The van der Waals surface area contributed by atoms with Crippen molar-refractivity contribution < 1.29 is 19.7 Å². The van der Waals surface area contributed by atoms with Crippen LogP contribution in [0, 0.1) is 0 Å². The second kappa shape index (κ2) is 3.91. The first-order valence-electron chi connectivity index (χ1n) is 3.70. The number of rotatable bonds is 3. The van der Waals surface area contributed by atoms with E-state index in [4.69, 9.17) is 14.9 Å². The van der Waals surface area contributed by atoms with E-state index in [2.05, 4.69) is 0 Å². The first-order valence-corrected chi connectivity index (χ1v) is 3.70. The Morgan fingerprint density at radius 2 is 2.23 bits per heavy atom. The van der Waals surface area contributed by atoms with E-state index in [0.717, 1.165) is 0 Å². The highest BCUT2D eigenvalue weighted by atomic mass is 16.5. The van der Waals surface area contributed by atoms with Crippen LogP contribution >= 0.6 is 0 Å². The van der Waals surface area contributed by atoms with Crippen LogP contribution < -0.4 is 4.74 Å². The van der Waals surface area contributed by atoms with Gasteiger partial charge in [-0.3, -0.25) is 0 Å². The molecule has 0 aromatic heterocycles. The number of carbonyl (C=O) groups is 1. The van der Waals surface area contributed by atoms with E-state index in [1.165, 1.54) is 19.2 Å². The standard InChI is InChI=1S/C9H10O4/c1-13-8-3-2-6(5-10)4-7(8)9(11)12/h2-4,10H,5H2,1H3,(H,11,12). The monoisotopic (exact) mass is 182 g/mol. The molecule has 0 amide bonds. The minimum atomic E-state index is -1.06. The predicted octanol–water partition coefficient (Wildman–Crippen LogP) is 0.886. The van der Waals surface area contributed by atoms with Gasteiger partial charge in [0.15, 0.2) is 0 Å². The number of carboxylic acids is 1. The van der Waals surface area contributed by atoms with Crippen LogP contribution in [-0.4, -0.2) is 23.3 Å². The van der Waals surface area contributed by atoms with Crippen molar-refractivity contribution in [3.63, 3.8) is 0 Å². The summed E-state index contributed by atoms with van der Waals surface area (Å²) < 4.78 is 4.84. The average molecular weight is 182 g/mol. The van der Waals surface area contributed by atoms with Gasteiger partial charge in [0.25, 0.3) is 0 Å². The molecule has 0 bridgehead atoms. The number of aliphatic hydroxyl groups is 1. The molecule has 4 heteroatoms. The highest BCUT2D eigenvalue weighted by Crippen LogP contribution is 2.19. The minimum absolute atomic E-state index is 0.0639. The topological polar surface area (TPSA) is 66.8 Å². The molecular weight excluding hydrogens is 172 g/mol. The highest BCUT2D eigenvalue weighted by molar-refractivity contribution is 5.91. The van der Waals surface area contributed by atoms with Crippen LogP contribution in [0.5, 0.6) is 5.75 Å². The van der Waals surface area contributed by atoms with Crippen LogP contribution in [0.4, 0.5) is 0 Å². The van der Waals surface area contributed by atoms with Gasteiger partial charge in [0.2, 0.25) is 0 Å². The zero-order valence-electron chi connectivity index (χ0n) is 7.15. The van der Waals surface area contributed by atoms with Crippen molar-refractivity contribution in [1.29, 1.82) is 0 Å². The molecule has 0 saturated carbocycles. The molecular formula is C9H10O4. The lowest BCUT2D eigenvalue weighted by atomic mass is 10.1. The maximum atomic E-state index is 10.7. The molecule has 0 spiro atoms. The summed E-state index contributed by atoms with van der Waals surface area (Å²) in [6.07, 6.45) is 0. The van der Waals surface area contributed by atoms with E-state index in [1.807, 2.05) is 0 Å². The maximum Gasteiger partial charge on any atom is 0.339 e. The summed E-state index contributed by atoms with van der Waals surface area (Å²) in [6.45, 7) is -0.176. The maximum absolute atomic E-state index is 10.7. The number of aliphatic hydroxyl groups excluding tert-OH is 1. The van der Waals surface area contributed by atoms with Crippen molar-refractivity contribution >= 4 is 5.97 Å². The SMILES string of the molecule is COc1ccc(CO)cc1C(=O)O. The minimum Gasteiger partial charge on any atom is -0.496 e. The second-order valence-corrected chi connectivity index (χ2v) is 2.50. The Labute approximate surface area is 75.4 Å². The normalized spacial score (nSPS) is 9.69. The quantitative estimate of drug-likeness (QED) is 0.728. The van der Waals surface area contributed by atoms with Crippen LogP contribution in [-0.2, 0) is 6.61 Å². The van der Waals surface area contributed by atoms with Gasteiger partial charge in [-0.05, 0) is 17.7 Å². The predicted molar refractivity (Wildman–Crippen MR) is 45.9 cm³/mol. The van der Waals surface area contributed by atoms with Crippen LogP contribution in [0.1, 0.15) is 15.9 Å². The lowest BCUT2D eigenvalue weighted by Gasteiger charge is -2.05. The van der Waals surface area contributed by atoms with Gasteiger partial charge < -0.3 is 14.9 Å². The Bertz CT molecular complexity index is 319. The fourth-order valence-electron chi connectivity index (χ4n) is 1.02. The van der Waals surface area contributed by atoms with Crippen molar-refractivity contribution in [3.8, 4) is 5.75 Å². The largest absolute Gasteiger partial charge is 0.496 e.